The number of amides is 1. The maximum absolute atomic E-state index is 11.7. The van der Waals surface area contributed by atoms with Gasteiger partial charge in [0.05, 0.1) is 24.6 Å². The van der Waals surface area contributed by atoms with Crippen molar-refractivity contribution in [2.45, 2.75) is 12.5 Å². The van der Waals surface area contributed by atoms with E-state index in [2.05, 4.69) is 26.0 Å². The third kappa shape index (κ3) is 4.53. The van der Waals surface area contributed by atoms with Crippen molar-refractivity contribution in [3.8, 4) is 5.75 Å². The largest absolute Gasteiger partial charge is 0.507 e. The minimum atomic E-state index is -1.08. The third-order valence-electron chi connectivity index (χ3n) is 2.38. The number of carbonyl (C=O) groups excluding carboxylic acids is 2. The molecule has 0 bridgehead atoms. The highest BCUT2D eigenvalue weighted by Crippen LogP contribution is 2.24. The molecular formula is C12H14BrNO5. The van der Waals surface area contributed by atoms with Crippen molar-refractivity contribution in [1.82, 2.24) is 5.32 Å². The van der Waals surface area contributed by atoms with E-state index in [1.54, 1.807) is 12.1 Å². The SMILES string of the molecule is COC(=O)[C@H](CO)NC(=O)Cc1ccc(Br)c(O)c1. The summed E-state index contributed by atoms with van der Waals surface area (Å²) in [5, 5.41) is 20.8. The predicted octanol–water partition coefficient (Wildman–Crippen LogP) is 0.347. The Morgan fingerprint density at radius 3 is 2.68 bits per heavy atom. The molecule has 0 heterocycles. The van der Waals surface area contributed by atoms with Gasteiger partial charge >= 0.3 is 5.97 Å². The molecule has 1 rings (SSSR count). The molecule has 0 aromatic heterocycles. The molecule has 1 aromatic carbocycles. The summed E-state index contributed by atoms with van der Waals surface area (Å²) in [5.41, 5.74) is 0.583. The van der Waals surface area contributed by atoms with Crippen LogP contribution in [0.3, 0.4) is 0 Å². The molecule has 7 heteroatoms. The van der Waals surface area contributed by atoms with Crippen molar-refractivity contribution in [2.24, 2.45) is 0 Å². The number of hydrogen-bond donors (Lipinski definition) is 3. The fourth-order valence-corrected chi connectivity index (χ4v) is 1.67. The molecule has 0 aliphatic heterocycles. The zero-order chi connectivity index (χ0) is 14.4. The number of benzene rings is 1. The lowest BCUT2D eigenvalue weighted by Crippen LogP contribution is -2.44. The Hall–Kier alpha value is -1.60. The number of nitrogens with one attached hydrogen (secondary N) is 1. The molecule has 0 radical (unpaired) electrons. The molecule has 0 aliphatic rings. The van der Waals surface area contributed by atoms with Crippen molar-refractivity contribution < 1.29 is 24.5 Å². The molecule has 6 nitrogen and oxygen atoms in total. The molecule has 3 N–H and O–H groups in total. The van der Waals surface area contributed by atoms with Crippen molar-refractivity contribution in [3.05, 3.63) is 28.2 Å². The van der Waals surface area contributed by atoms with E-state index in [1.165, 1.54) is 13.2 Å². The summed E-state index contributed by atoms with van der Waals surface area (Å²) < 4.78 is 4.96. The van der Waals surface area contributed by atoms with Crippen molar-refractivity contribution in [3.63, 3.8) is 0 Å². The maximum atomic E-state index is 11.7. The van der Waals surface area contributed by atoms with Crippen LogP contribution in [-0.4, -0.2) is 41.8 Å². The van der Waals surface area contributed by atoms with E-state index in [0.29, 0.717) is 10.0 Å². The summed E-state index contributed by atoms with van der Waals surface area (Å²) in [5.74, 6) is -1.14. The van der Waals surface area contributed by atoms with Crippen molar-refractivity contribution in [2.75, 3.05) is 13.7 Å². The highest BCUT2D eigenvalue weighted by molar-refractivity contribution is 9.10. The molecule has 1 atom stereocenters. The van der Waals surface area contributed by atoms with Gasteiger partial charge in [0, 0.05) is 0 Å². The molecule has 0 fully saturated rings. The van der Waals surface area contributed by atoms with Crippen molar-refractivity contribution in [1.29, 1.82) is 0 Å². The number of carbonyl (C=O) groups is 2. The van der Waals surface area contributed by atoms with Gasteiger partial charge < -0.3 is 20.3 Å². The first-order valence-electron chi connectivity index (χ1n) is 5.43. The van der Waals surface area contributed by atoms with Gasteiger partial charge in [0.2, 0.25) is 5.91 Å². The first kappa shape index (κ1) is 15.5. The highest BCUT2D eigenvalue weighted by atomic mass is 79.9. The van der Waals surface area contributed by atoms with Crippen LogP contribution in [0.5, 0.6) is 5.75 Å². The number of phenolic OH excluding ortho intramolecular Hbond substituents is 1. The number of aliphatic hydroxyl groups excluding tert-OH is 1. The molecule has 1 aromatic rings. The van der Waals surface area contributed by atoms with Crippen LogP contribution in [0.1, 0.15) is 5.56 Å². The summed E-state index contributed by atoms with van der Waals surface area (Å²) in [4.78, 5) is 22.9. The van der Waals surface area contributed by atoms with Crippen molar-refractivity contribution >= 4 is 27.8 Å². The first-order valence-corrected chi connectivity index (χ1v) is 6.22. The van der Waals surface area contributed by atoms with Gasteiger partial charge in [-0.3, -0.25) is 4.79 Å². The summed E-state index contributed by atoms with van der Waals surface area (Å²) >= 11 is 3.13. The molecule has 0 saturated heterocycles. The quantitative estimate of drug-likeness (QED) is 0.676. The van der Waals surface area contributed by atoms with Gasteiger partial charge in [-0.05, 0) is 33.6 Å². The van der Waals surface area contributed by atoms with Gasteiger partial charge in [0.1, 0.15) is 5.75 Å². The van der Waals surface area contributed by atoms with Crippen LogP contribution in [0.25, 0.3) is 0 Å². The molecular weight excluding hydrogens is 318 g/mol. The maximum Gasteiger partial charge on any atom is 0.330 e. The minimum absolute atomic E-state index is 0.0195. The number of esters is 1. The second-order valence-electron chi connectivity index (χ2n) is 3.79. The number of halogens is 1. The van der Waals surface area contributed by atoms with E-state index in [9.17, 15) is 14.7 Å². The smallest absolute Gasteiger partial charge is 0.330 e. The fraction of sp³-hybridized carbons (Fsp3) is 0.333. The van der Waals surface area contributed by atoms with E-state index < -0.39 is 24.5 Å². The van der Waals surface area contributed by atoms with Crippen LogP contribution in [0, 0.1) is 0 Å². The zero-order valence-corrected chi connectivity index (χ0v) is 11.8. The Labute approximate surface area is 118 Å². The Balaban J connectivity index is 2.64. The van der Waals surface area contributed by atoms with E-state index >= 15 is 0 Å². The Morgan fingerprint density at radius 2 is 2.16 bits per heavy atom. The number of aliphatic hydroxyl groups is 1. The molecule has 19 heavy (non-hydrogen) atoms. The highest BCUT2D eigenvalue weighted by Gasteiger charge is 2.20. The number of aromatic hydroxyl groups is 1. The average molecular weight is 332 g/mol. The number of phenols is 1. The Kier molecular flexibility index (Phi) is 5.78. The molecule has 0 unspecified atom stereocenters. The normalized spacial score (nSPS) is 11.7. The van der Waals surface area contributed by atoms with Crippen LogP contribution < -0.4 is 5.32 Å². The van der Waals surface area contributed by atoms with E-state index in [-0.39, 0.29) is 12.2 Å². The summed E-state index contributed by atoms with van der Waals surface area (Å²) in [6, 6.07) is 3.63. The number of methoxy groups -OCH3 is 1. The second kappa shape index (κ2) is 7.10. The zero-order valence-electron chi connectivity index (χ0n) is 10.2. The van der Waals surface area contributed by atoms with Crippen LogP contribution in [0.4, 0.5) is 0 Å². The lowest BCUT2D eigenvalue weighted by molar-refractivity contribution is -0.146. The topological polar surface area (TPSA) is 95.9 Å². The Bertz CT molecular complexity index is 477. The number of ether oxygens (including phenoxy) is 1. The van der Waals surface area contributed by atoms with E-state index in [1.807, 2.05) is 0 Å². The third-order valence-corrected chi connectivity index (χ3v) is 3.05. The second-order valence-corrected chi connectivity index (χ2v) is 4.64. The summed E-state index contributed by atoms with van der Waals surface area (Å²) in [7, 11) is 1.17. The van der Waals surface area contributed by atoms with Crippen LogP contribution >= 0.6 is 15.9 Å². The average Bonchev–Trinajstić information content (AvgIpc) is 2.39. The Morgan fingerprint density at radius 1 is 1.47 bits per heavy atom. The lowest BCUT2D eigenvalue weighted by Gasteiger charge is -2.13. The van der Waals surface area contributed by atoms with E-state index in [0.717, 1.165) is 0 Å². The van der Waals surface area contributed by atoms with Gasteiger partial charge in [-0.2, -0.15) is 0 Å². The molecule has 0 aliphatic carbocycles. The molecule has 0 saturated carbocycles. The van der Waals surface area contributed by atoms with Gasteiger partial charge in [-0.1, -0.05) is 6.07 Å². The number of hydrogen-bond acceptors (Lipinski definition) is 5. The predicted molar refractivity (Wildman–Crippen MR) is 70.5 cm³/mol. The lowest BCUT2D eigenvalue weighted by atomic mass is 10.1. The first-order chi connectivity index (χ1) is 8.97. The summed E-state index contributed by atoms with van der Waals surface area (Å²) in [6.07, 6.45) is -0.0195. The molecule has 1 amide bonds. The van der Waals surface area contributed by atoms with E-state index in [4.69, 9.17) is 5.11 Å². The number of rotatable bonds is 5. The van der Waals surface area contributed by atoms with Crippen LogP contribution in [0.15, 0.2) is 22.7 Å². The van der Waals surface area contributed by atoms with Crippen LogP contribution in [-0.2, 0) is 20.7 Å². The molecule has 104 valence electrons. The monoisotopic (exact) mass is 331 g/mol. The van der Waals surface area contributed by atoms with Gasteiger partial charge in [0.25, 0.3) is 0 Å². The fourth-order valence-electron chi connectivity index (χ4n) is 1.42. The molecule has 0 spiro atoms. The summed E-state index contributed by atoms with van der Waals surface area (Å²) in [6.45, 7) is -0.538. The standard InChI is InChI=1S/C12H14BrNO5/c1-19-12(18)9(6-15)14-11(17)5-7-2-3-8(13)10(16)4-7/h2-4,9,15-16H,5-6H2,1H3,(H,14,17)/t9-/m0/s1. The minimum Gasteiger partial charge on any atom is -0.507 e. The van der Waals surface area contributed by atoms with Gasteiger partial charge in [-0.15, -0.1) is 0 Å². The van der Waals surface area contributed by atoms with Gasteiger partial charge in [-0.25, -0.2) is 4.79 Å². The van der Waals surface area contributed by atoms with Crippen LogP contribution in [0.2, 0.25) is 0 Å². The van der Waals surface area contributed by atoms with Gasteiger partial charge in [0.15, 0.2) is 6.04 Å².